The number of aromatic nitrogens is 2. The number of amides is 1. The zero-order valence-electron chi connectivity index (χ0n) is 15.0. The second kappa shape index (κ2) is 5.80. The van der Waals surface area contributed by atoms with E-state index < -0.39 is 5.54 Å². The largest absolute Gasteiger partial charge is 0.321 e. The van der Waals surface area contributed by atoms with E-state index in [-0.39, 0.29) is 17.8 Å². The molecule has 1 aliphatic heterocycles. The van der Waals surface area contributed by atoms with Crippen molar-refractivity contribution in [2.45, 2.75) is 32.4 Å². The van der Waals surface area contributed by atoms with Gasteiger partial charge in [0.05, 0.1) is 11.7 Å². The highest BCUT2D eigenvalue weighted by Gasteiger charge is 2.46. The van der Waals surface area contributed by atoms with E-state index in [1.165, 1.54) is 12.1 Å². The molecule has 4 rings (SSSR count). The first-order chi connectivity index (χ1) is 12.4. The van der Waals surface area contributed by atoms with Crippen LogP contribution in [0.2, 0.25) is 0 Å². The van der Waals surface area contributed by atoms with E-state index in [1.54, 1.807) is 11.0 Å². The predicted molar refractivity (Wildman–Crippen MR) is 98.2 cm³/mol. The molecule has 2 heterocycles. The third-order valence-corrected chi connectivity index (χ3v) is 4.70. The Morgan fingerprint density at radius 2 is 1.81 bits per heavy atom. The van der Waals surface area contributed by atoms with Gasteiger partial charge < -0.3 is 4.90 Å². The van der Waals surface area contributed by atoms with Crippen LogP contribution in [-0.4, -0.2) is 26.5 Å². The van der Waals surface area contributed by atoms with Crippen LogP contribution in [0.5, 0.6) is 0 Å². The monoisotopic (exact) mass is 349 g/mol. The van der Waals surface area contributed by atoms with Gasteiger partial charge in [-0.3, -0.25) is 9.89 Å². The van der Waals surface area contributed by atoms with E-state index in [1.807, 2.05) is 57.2 Å². The molecule has 0 radical (unpaired) electrons. The Kier molecular flexibility index (Phi) is 3.68. The molecule has 1 amide bonds. The predicted octanol–water partition coefficient (Wildman–Crippen LogP) is 4.56. The molecule has 0 fully saturated rings. The maximum absolute atomic E-state index is 13.9. The minimum atomic E-state index is -0.429. The highest BCUT2D eigenvalue weighted by Crippen LogP contribution is 2.45. The molecule has 0 bridgehead atoms. The van der Waals surface area contributed by atoms with Crippen molar-refractivity contribution < 1.29 is 9.18 Å². The van der Waals surface area contributed by atoms with Crippen LogP contribution in [0.25, 0.3) is 11.3 Å². The first kappa shape index (κ1) is 16.5. The van der Waals surface area contributed by atoms with Crippen molar-refractivity contribution in [3.8, 4) is 11.3 Å². The zero-order valence-corrected chi connectivity index (χ0v) is 15.0. The molecule has 26 heavy (non-hydrogen) atoms. The van der Waals surface area contributed by atoms with Crippen LogP contribution in [-0.2, 0) is 0 Å². The van der Waals surface area contributed by atoms with Gasteiger partial charge in [0.15, 0.2) is 0 Å². The lowest BCUT2D eigenvalue weighted by molar-refractivity contribution is 0.0545. The van der Waals surface area contributed by atoms with Crippen molar-refractivity contribution in [2.75, 3.05) is 0 Å². The van der Waals surface area contributed by atoms with Gasteiger partial charge in [0.25, 0.3) is 5.91 Å². The van der Waals surface area contributed by atoms with Crippen molar-refractivity contribution in [1.82, 2.24) is 15.1 Å². The van der Waals surface area contributed by atoms with Gasteiger partial charge in [-0.2, -0.15) is 5.10 Å². The molecule has 0 saturated heterocycles. The first-order valence-corrected chi connectivity index (χ1v) is 8.61. The number of halogens is 1. The standard InChI is InChI=1S/C21H20FN3O/c1-21(2,3)25-19(14-10-7-11-15(22)12-14)16-17(13-8-5-4-6-9-13)23-24-18(16)20(25)26/h4-12,19H,1-3H3,(H,23,24). The quantitative estimate of drug-likeness (QED) is 0.737. The fourth-order valence-electron chi connectivity index (χ4n) is 3.65. The third kappa shape index (κ3) is 2.51. The summed E-state index contributed by atoms with van der Waals surface area (Å²) in [6.45, 7) is 5.95. The highest BCUT2D eigenvalue weighted by molar-refractivity contribution is 6.00. The molecular weight excluding hydrogens is 329 g/mol. The molecule has 1 aromatic heterocycles. The summed E-state index contributed by atoms with van der Waals surface area (Å²) in [6, 6.07) is 15.8. The van der Waals surface area contributed by atoms with E-state index in [9.17, 15) is 9.18 Å². The first-order valence-electron chi connectivity index (χ1n) is 8.61. The molecule has 0 spiro atoms. The molecule has 0 aliphatic carbocycles. The van der Waals surface area contributed by atoms with E-state index in [0.717, 1.165) is 22.4 Å². The van der Waals surface area contributed by atoms with Crippen molar-refractivity contribution in [1.29, 1.82) is 0 Å². The molecule has 5 heteroatoms. The van der Waals surface area contributed by atoms with Crippen LogP contribution in [0.15, 0.2) is 54.6 Å². The summed E-state index contributed by atoms with van der Waals surface area (Å²) in [7, 11) is 0. The highest BCUT2D eigenvalue weighted by atomic mass is 19.1. The number of hydrogen-bond acceptors (Lipinski definition) is 2. The zero-order chi connectivity index (χ0) is 18.5. The van der Waals surface area contributed by atoms with Gasteiger partial charge in [-0.15, -0.1) is 0 Å². The van der Waals surface area contributed by atoms with E-state index in [4.69, 9.17) is 0 Å². The summed E-state index contributed by atoms with van der Waals surface area (Å²) in [5.41, 5.74) is 3.26. The van der Waals surface area contributed by atoms with Crippen molar-refractivity contribution in [2.24, 2.45) is 0 Å². The maximum Gasteiger partial charge on any atom is 0.273 e. The molecule has 2 aromatic carbocycles. The molecule has 132 valence electrons. The number of nitrogens with zero attached hydrogens (tertiary/aromatic N) is 2. The fraction of sp³-hybridized carbons (Fsp3) is 0.238. The van der Waals surface area contributed by atoms with E-state index in [0.29, 0.717) is 5.69 Å². The third-order valence-electron chi connectivity index (χ3n) is 4.70. The lowest BCUT2D eigenvalue weighted by Crippen LogP contribution is -2.44. The van der Waals surface area contributed by atoms with Crippen LogP contribution in [0, 0.1) is 5.82 Å². The SMILES string of the molecule is CC(C)(C)N1C(=O)c2[nH]nc(-c3ccccc3)c2C1c1cccc(F)c1. The number of hydrogen-bond donors (Lipinski definition) is 1. The van der Waals surface area contributed by atoms with Crippen molar-refractivity contribution >= 4 is 5.91 Å². The number of H-pyrrole nitrogens is 1. The molecule has 0 saturated carbocycles. The Morgan fingerprint density at radius 3 is 2.46 bits per heavy atom. The summed E-state index contributed by atoms with van der Waals surface area (Å²) in [5, 5.41) is 7.32. The minimum absolute atomic E-state index is 0.114. The second-order valence-corrected chi connectivity index (χ2v) is 7.53. The average Bonchev–Trinajstić information content (AvgIpc) is 3.14. The number of benzene rings is 2. The number of carbonyl (C=O) groups is 1. The van der Waals surface area contributed by atoms with E-state index >= 15 is 0 Å². The van der Waals surface area contributed by atoms with Gasteiger partial charge >= 0.3 is 0 Å². The normalized spacial score (nSPS) is 16.8. The van der Waals surface area contributed by atoms with Crippen LogP contribution < -0.4 is 0 Å². The lowest BCUT2D eigenvalue weighted by Gasteiger charge is -2.37. The summed E-state index contributed by atoms with van der Waals surface area (Å²) in [4.78, 5) is 14.9. The smallest absolute Gasteiger partial charge is 0.273 e. The van der Waals surface area contributed by atoms with Gasteiger partial charge in [-0.25, -0.2) is 4.39 Å². The van der Waals surface area contributed by atoms with Gasteiger partial charge in [0.2, 0.25) is 0 Å². The van der Waals surface area contributed by atoms with Gasteiger partial charge in [0, 0.05) is 16.7 Å². The molecule has 3 aromatic rings. The average molecular weight is 349 g/mol. The molecule has 1 aliphatic rings. The Hall–Kier alpha value is -2.95. The topological polar surface area (TPSA) is 49.0 Å². The summed E-state index contributed by atoms with van der Waals surface area (Å²) < 4.78 is 13.9. The molecule has 1 N–H and O–H groups in total. The molecule has 1 unspecified atom stereocenters. The maximum atomic E-state index is 13.9. The Bertz CT molecular complexity index is 972. The number of fused-ring (bicyclic) bond motifs is 1. The lowest BCUT2D eigenvalue weighted by atomic mass is 9.93. The summed E-state index contributed by atoms with van der Waals surface area (Å²) in [6.07, 6.45) is 0. The fourth-order valence-corrected chi connectivity index (χ4v) is 3.65. The number of carbonyl (C=O) groups excluding carboxylic acids is 1. The number of aromatic amines is 1. The van der Waals surface area contributed by atoms with Crippen LogP contribution >= 0.6 is 0 Å². The Balaban J connectivity index is 1.96. The Morgan fingerprint density at radius 1 is 1.08 bits per heavy atom. The number of nitrogens with one attached hydrogen (secondary N) is 1. The second-order valence-electron chi connectivity index (χ2n) is 7.53. The van der Waals surface area contributed by atoms with Gasteiger partial charge in [-0.1, -0.05) is 42.5 Å². The van der Waals surface area contributed by atoms with Gasteiger partial charge in [0.1, 0.15) is 11.5 Å². The van der Waals surface area contributed by atoms with Crippen LogP contribution in [0.3, 0.4) is 0 Å². The van der Waals surface area contributed by atoms with Crippen LogP contribution in [0.1, 0.15) is 48.4 Å². The number of rotatable bonds is 2. The summed E-state index contributed by atoms with van der Waals surface area (Å²) in [5.74, 6) is -0.432. The molecule has 1 atom stereocenters. The van der Waals surface area contributed by atoms with Crippen LogP contribution in [0.4, 0.5) is 4.39 Å². The Labute approximate surface area is 151 Å². The van der Waals surface area contributed by atoms with E-state index in [2.05, 4.69) is 10.2 Å². The van der Waals surface area contributed by atoms with Crippen molar-refractivity contribution in [3.63, 3.8) is 0 Å². The van der Waals surface area contributed by atoms with Crippen molar-refractivity contribution in [3.05, 3.63) is 77.2 Å². The summed E-state index contributed by atoms with van der Waals surface area (Å²) >= 11 is 0. The minimum Gasteiger partial charge on any atom is -0.321 e. The van der Waals surface area contributed by atoms with Gasteiger partial charge in [-0.05, 0) is 38.5 Å². The molecular formula is C21H20FN3O. The molecule has 4 nitrogen and oxygen atoms in total.